The number of hydrogen-bond acceptors (Lipinski definition) is 7. The van der Waals surface area contributed by atoms with E-state index in [2.05, 4.69) is 19.7 Å². The van der Waals surface area contributed by atoms with Gasteiger partial charge in [-0.1, -0.05) is 30.3 Å². The minimum absolute atomic E-state index is 0.0238. The van der Waals surface area contributed by atoms with Gasteiger partial charge in [0.15, 0.2) is 5.78 Å². The van der Waals surface area contributed by atoms with Crippen molar-refractivity contribution in [2.24, 2.45) is 0 Å². The van der Waals surface area contributed by atoms with Gasteiger partial charge in [-0.3, -0.25) is 14.2 Å². The SMILES string of the molecule is O=C(CN1c2ccccc2Cn2c1nc(-c1ccncn1)cc2=O)c1cccc(OC(F)(F)F)c1. The van der Waals surface area contributed by atoms with Gasteiger partial charge in [0, 0.05) is 23.5 Å². The zero-order valence-corrected chi connectivity index (χ0v) is 17.9. The number of halogens is 3. The second kappa shape index (κ2) is 8.67. The second-order valence-electron chi connectivity index (χ2n) is 7.67. The van der Waals surface area contributed by atoms with E-state index >= 15 is 0 Å². The van der Waals surface area contributed by atoms with Crippen LogP contribution in [0.4, 0.5) is 24.8 Å². The molecular formula is C24H16F3N5O3. The van der Waals surface area contributed by atoms with Crippen molar-refractivity contribution in [1.29, 1.82) is 0 Å². The first-order valence-corrected chi connectivity index (χ1v) is 10.4. The molecule has 0 fully saturated rings. The quantitative estimate of drug-likeness (QED) is 0.400. The van der Waals surface area contributed by atoms with Crippen LogP contribution in [0.25, 0.3) is 11.4 Å². The molecule has 0 spiro atoms. The van der Waals surface area contributed by atoms with E-state index in [0.29, 0.717) is 17.1 Å². The number of hydrogen-bond donors (Lipinski definition) is 0. The van der Waals surface area contributed by atoms with Crippen LogP contribution in [0.15, 0.2) is 78.0 Å². The van der Waals surface area contributed by atoms with Crippen LogP contribution in [0.3, 0.4) is 0 Å². The van der Waals surface area contributed by atoms with Crippen LogP contribution in [0, 0.1) is 0 Å². The van der Waals surface area contributed by atoms with E-state index in [1.165, 1.54) is 35.3 Å². The lowest BCUT2D eigenvalue weighted by Gasteiger charge is -2.32. The van der Waals surface area contributed by atoms with Crippen LogP contribution < -0.4 is 15.2 Å². The van der Waals surface area contributed by atoms with E-state index in [0.717, 1.165) is 17.7 Å². The monoisotopic (exact) mass is 479 g/mol. The number of fused-ring (bicyclic) bond motifs is 2. The molecule has 0 aliphatic carbocycles. The minimum atomic E-state index is -4.88. The third-order valence-electron chi connectivity index (χ3n) is 5.38. The summed E-state index contributed by atoms with van der Waals surface area (Å²) in [6.45, 7) is -0.0207. The molecule has 8 nitrogen and oxygen atoms in total. The molecule has 0 saturated carbocycles. The molecule has 0 radical (unpaired) electrons. The molecule has 3 heterocycles. The van der Waals surface area contributed by atoms with Crippen molar-refractivity contribution in [3.05, 3.63) is 94.7 Å². The first-order valence-electron chi connectivity index (χ1n) is 10.4. The molecule has 0 atom stereocenters. The summed E-state index contributed by atoms with van der Waals surface area (Å²) in [4.78, 5) is 40.4. The standard InChI is InChI=1S/C24H16F3N5O3/c25-24(26,27)35-17-6-3-5-15(10-17)21(33)13-31-20-7-2-1-4-16(20)12-32-22(34)11-19(30-23(31)32)18-8-9-28-14-29-18/h1-11,14H,12-13H2. The van der Waals surface area contributed by atoms with Crippen molar-refractivity contribution in [2.75, 3.05) is 11.4 Å². The smallest absolute Gasteiger partial charge is 0.406 e. The Morgan fingerprint density at radius 3 is 2.63 bits per heavy atom. The van der Waals surface area contributed by atoms with Crippen molar-refractivity contribution >= 4 is 17.4 Å². The van der Waals surface area contributed by atoms with Crippen molar-refractivity contribution < 1.29 is 22.7 Å². The fraction of sp³-hybridized carbons (Fsp3) is 0.125. The molecule has 4 aromatic rings. The van der Waals surface area contributed by atoms with E-state index in [1.54, 1.807) is 23.1 Å². The maximum atomic E-state index is 13.2. The highest BCUT2D eigenvalue weighted by molar-refractivity contribution is 6.00. The molecular weight excluding hydrogens is 463 g/mol. The Morgan fingerprint density at radius 2 is 1.86 bits per heavy atom. The molecule has 1 aliphatic rings. The number of rotatable bonds is 5. The molecule has 1 aliphatic heterocycles. The molecule has 0 bridgehead atoms. The molecule has 11 heteroatoms. The fourth-order valence-corrected chi connectivity index (χ4v) is 3.87. The molecule has 0 unspecified atom stereocenters. The third kappa shape index (κ3) is 4.60. The summed E-state index contributed by atoms with van der Waals surface area (Å²) in [7, 11) is 0. The molecule has 0 N–H and O–H groups in total. The fourth-order valence-electron chi connectivity index (χ4n) is 3.87. The molecule has 2 aromatic carbocycles. The van der Waals surface area contributed by atoms with Gasteiger partial charge in [-0.25, -0.2) is 15.0 Å². The number of para-hydroxylation sites is 1. The summed E-state index contributed by atoms with van der Waals surface area (Å²) < 4.78 is 43.3. The van der Waals surface area contributed by atoms with Gasteiger partial charge in [-0.15, -0.1) is 13.2 Å². The Balaban J connectivity index is 1.55. The molecule has 35 heavy (non-hydrogen) atoms. The number of ketones is 1. The Labute approximate surface area is 196 Å². The number of alkyl halides is 3. The van der Waals surface area contributed by atoms with E-state index < -0.39 is 17.9 Å². The predicted molar refractivity (Wildman–Crippen MR) is 120 cm³/mol. The minimum Gasteiger partial charge on any atom is -0.406 e. The highest BCUT2D eigenvalue weighted by Gasteiger charge is 2.32. The van der Waals surface area contributed by atoms with E-state index in [9.17, 15) is 22.8 Å². The molecule has 2 aromatic heterocycles. The average Bonchev–Trinajstić information content (AvgIpc) is 2.84. The number of nitrogens with zero attached hydrogens (tertiary/aromatic N) is 5. The van der Waals surface area contributed by atoms with Crippen LogP contribution in [0.2, 0.25) is 0 Å². The molecule has 5 rings (SSSR count). The lowest BCUT2D eigenvalue weighted by atomic mass is 10.1. The zero-order valence-electron chi connectivity index (χ0n) is 17.9. The lowest BCUT2D eigenvalue weighted by molar-refractivity contribution is -0.274. The van der Waals surface area contributed by atoms with Gasteiger partial charge < -0.3 is 9.64 Å². The van der Waals surface area contributed by atoms with Crippen LogP contribution >= 0.6 is 0 Å². The predicted octanol–water partition coefficient (Wildman–Crippen LogP) is 3.98. The first-order chi connectivity index (χ1) is 16.8. The Hall–Kier alpha value is -4.54. The van der Waals surface area contributed by atoms with Gasteiger partial charge in [0.25, 0.3) is 5.56 Å². The van der Waals surface area contributed by atoms with Gasteiger partial charge in [-0.2, -0.15) is 0 Å². The number of anilines is 2. The van der Waals surface area contributed by atoms with Gasteiger partial charge in [0.05, 0.1) is 24.5 Å². The second-order valence-corrected chi connectivity index (χ2v) is 7.67. The first kappa shape index (κ1) is 22.3. The summed E-state index contributed by atoms with van der Waals surface area (Å²) in [6.07, 6.45) is -2.02. The van der Waals surface area contributed by atoms with E-state index in [1.807, 2.05) is 12.1 Å². The Morgan fingerprint density at radius 1 is 1.03 bits per heavy atom. The zero-order chi connectivity index (χ0) is 24.6. The van der Waals surface area contributed by atoms with Crippen molar-refractivity contribution in [3.8, 4) is 17.1 Å². The number of benzene rings is 2. The molecule has 176 valence electrons. The van der Waals surface area contributed by atoms with Gasteiger partial charge >= 0.3 is 6.36 Å². The van der Waals surface area contributed by atoms with Gasteiger partial charge in [0.2, 0.25) is 5.95 Å². The third-order valence-corrected chi connectivity index (χ3v) is 5.38. The summed E-state index contributed by atoms with van der Waals surface area (Å²) in [5.74, 6) is -0.758. The van der Waals surface area contributed by atoms with Gasteiger partial charge in [0.1, 0.15) is 12.1 Å². The van der Waals surface area contributed by atoms with Gasteiger partial charge in [-0.05, 0) is 29.8 Å². The van der Waals surface area contributed by atoms with Crippen LogP contribution in [0.1, 0.15) is 15.9 Å². The highest BCUT2D eigenvalue weighted by atomic mass is 19.4. The Bertz CT molecular complexity index is 1470. The normalized spacial score (nSPS) is 12.6. The number of ether oxygens (including phenoxy) is 1. The topological polar surface area (TPSA) is 90.2 Å². The Kier molecular flexibility index (Phi) is 5.51. The number of Topliss-reactive ketones (excluding diaryl/α,β-unsaturated/α-hetero) is 1. The van der Waals surface area contributed by atoms with E-state index in [4.69, 9.17) is 0 Å². The largest absolute Gasteiger partial charge is 0.573 e. The maximum Gasteiger partial charge on any atom is 0.573 e. The highest BCUT2D eigenvalue weighted by Crippen LogP contribution is 2.33. The van der Waals surface area contributed by atoms with Crippen LogP contribution in [0.5, 0.6) is 5.75 Å². The number of carbonyl (C=O) groups excluding carboxylic acids is 1. The van der Waals surface area contributed by atoms with Crippen molar-refractivity contribution in [3.63, 3.8) is 0 Å². The summed E-state index contributed by atoms with van der Waals surface area (Å²) in [5, 5.41) is 0. The van der Waals surface area contributed by atoms with E-state index in [-0.39, 0.29) is 30.2 Å². The molecule has 0 amide bonds. The summed E-state index contributed by atoms with van der Waals surface area (Å²) >= 11 is 0. The van der Waals surface area contributed by atoms with Crippen molar-refractivity contribution in [1.82, 2.24) is 19.5 Å². The molecule has 0 saturated heterocycles. The van der Waals surface area contributed by atoms with Crippen molar-refractivity contribution in [2.45, 2.75) is 12.9 Å². The average molecular weight is 479 g/mol. The lowest BCUT2D eigenvalue weighted by Crippen LogP contribution is -2.37. The van der Waals surface area contributed by atoms with Crippen LogP contribution in [-0.4, -0.2) is 38.2 Å². The summed E-state index contributed by atoms with van der Waals surface area (Å²) in [5.41, 5.74) is 1.88. The maximum absolute atomic E-state index is 13.2. The number of carbonyl (C=O) groups is 1. The number of aromatic nitrogens is 4. The van der Waals surface area contributed by atoms with Crippen LogP contribution in [-0.2, 0) is 6.54 Å². The summed E-state index contributed by atoms with van der Waals surface area (Å²) in [6, 6.07) is 15.0.